The number of carbonyl (C=O) groups is 1. The van der Waals surface area contributed by atoms with Crippen LogP contribution in [0.15, 0.2) is 41.7 Å². The van der Waals surface area contributed by atoms with Gasteiger partial charge < -0.3 is 9.64 Å². The number of halogens is 1. The summed E-state index contributed by atoms with van der Waals surface area (Å²) in [5.74, 6) is -0.220. The fourth-order valence-corrected chi connectivity index (χ4v) is 5.31. The first-order valence-electron chi connectivity index (χ1n) is 10.3. The van der Waals surface area contributed by atoms with E-state index in [4.69, 9.17) is 9.72 Å². The van der Waals surface area contributed by atoms with Crippen LogP contribution < -0.4 is 0 Å². The van der Waals surface area contributed by atoms with Crippen molar-refractivity contribution in [1.29, 1.82) is 0 Å². The van der Waals surface area contributed by atoms with Gasteiger partial charge in [-0.3, -0.25) is 4.21 Å². The molecule has 0 bridgehead atoms. The number of benzene rings is 1. The third kappa shape index (κ3) is 4.71. The fraction of sp³-hybridized carbons (Fsp3) is 0.364. The average molecular weight is 475 g/mol. The van der Waals surface area contributed by atoms with Gasteiger partial charge in [-0.25, -0.2) is 24.1 Å². The van der Waals surface area contributed by atoms with Gasteiger partial charge >= 0.3 is 6.09 Å². The van der Waals surface area contributed by atoms with Crippen LogP contribution in [0, 0.1) is 5.82 Å². The predicted molar refractivity (Wildman–Crippen MR) is 121 cm³/mol. The molecule has 10 heteroatoms. The lowest BCUT2D eigenvalue weighted by atomic mass is 9.98. The van der Waals surface area contributed by atoms with Crippen molar-refractivity contribution in [3.8, 4) is 21.8 Å². The number of nitrogens with zero attached hydrogens (tertiary/aromatic N) is 4. The Morgan fingerprint density at radius 3 is 2.69 bits per heavy atom. The first-order chi connectivity index (χ1) is 15.5. The second-order valence-corrected chi connectivity index (χ2v) is 9.65. The van der Waals surface area contributed by atoms with Gasteiger partial charge in [-0.1, -0.05) is 12.1 Å². The first-order valence-corrected chi connectivity index (χ1v) is 12.7. The molecule has 1 fully saturated rings. The molecular weight excluding hydrogens is 451 g/mol. The van der Waals surface area contributed by atoms with Crippen LogP contribution in [-0.4, -0.2) is 56.1 Å². The van der Waals surface area contributed by atoms with Gasteiger partial charge in [-0.05, 0) is 38.0 Å². The van der Waals surface area contributed by atoms with Crippen LogP contribution in [0.1, 0.15) is 30.7 Å². The van der Waals surface area contributed by atoms with Crippen molar-refractivity contribution >= 4 is 28.2 Å². The van der Waals surface area contributed by atoms with Gasteiger partial charge in [0, 0.05) is 37.0 Å². The van der Waals surface area contributed by atoms with E-state index < -0.39 is 10.8 Å². The van der Waals surface area contributed by atoms with E-state index in [0.717, 1.165) is 17.8 Å². The maximum atomic E-state index is 14.7. The fourth-order valence-electron chi connectivity index (χ4n) is 3.65. The van der Waals surface area contributed by atoms with Crippen molar-refractivity contribution in [3.63, 3.8) is 0 Å². The molecular formula is C22H23FN4O3S2. The Bertz CT molecular complexity index is 1150. The maximum Gasteiger partial charge on any atom is 0.409 e. The van der Waals surface area contributed by atoms with E-state index >= 15 is 0 Å². The second-order valence-electron chi connectivity index (χ2n) is 7.35. The van der Waals surface area contributed by atoms with Gasteiger partial charge in [0.25, 0.3) is 0 Å². The van der Waals surface area contributed by atoms with Gasteiger partial charge in [-0.15, -0.1) is 11.3 Å². The lowest BCUT2D eigenvalue weighted by Crippen LogP contribution is -2.38. The number of rotatable bonds is 5. The summed E-state index contributed by atoms with van der Waals surface area (Å²) in [5, 5.41) is 1.10. The van der Waals surface area contributed by atoms with Gasteiger partial charge in [-0.2, -0.15) is 0 Å². The molecule has 0 radical (unpaired) electrons. The third-order valence-corrected chi connectivity index (χ3v) is 7.22. The highest BCUT2D eigenvalue weighted by atomic mass is 32.2. The van der Waals surface area contributed by atoms with Gasteiger partial charge in [0.2, 0.25) is 5.16 Å². The quantitative estimate of drug-likeness (QED) is 0.507. The van der Waals surface area contributed by atoms with Gasteiger partial charge in [0.1, 0.15) is 5.82 Å². The van der Waals surface area contributed by atoms with E-state index in [1.54, 1.807) is 42.3 Å². The molecule has 1 amide bonds. The monoisotopic (exact) mass is 474 g/mol. The smallest absolute Gasteiger partial charge is 0.409 e. The molecule has 3 heterocycles. The molecule has 168 valence electrons. The lowest BCUT2D eigenvalue weighted by Gasteiger charge is -2.30. The van der Waals surface area contributed by atoms with Crippen molar-refractivity contribution in [1.82, 2.24) is 19.9 Å². The zero-order valence-electron chi connectivity index (χ0n) is 17.8. The summed E-state index contributed by atoms with van der Waals surface area (Å²) in [6, 6.07) is 8.23. The Morgan fingerprint density at radius 2 is 2.00 bits per heavy atom. The van der Waals surface area contributed by atoms with Crippen LogP contribution in [0.3, 0.4) is 0 Å². The molecule has 3 aromatic rings. The Hall–Kier alpha value is -2.72. The number of likely N-dealkylation sites (tertiary alicyclic amines) is 1. The minimum absolute atomic E-state index is 0.145. The number of amides is 1. The molecule has 0 spiro atoms. The zero-order chi connectivity index (χ0) is 22.7. The van der Waals surface area contributed by atoms with E-state index in [-0.39, 0.29) is 23.0 Å². The second kappa shape index (κ2) is 9.83. The standard InChI is InChI=1S/C22H23FN4O3S2/c1-3-30-22(28)27-12-9-14(10-13-27)20-26-18(15-6-4-5-7-16(15)23)19(31-20)17-8-11-24-21(25-17)32(2)29/h4-8,11,14H,3,9-10,12-13H2,1-2H3. The number of ether oxygens (including phenoxy) is 1. The number of aromatic nitrogens is 3. The van der Waals surface area contributed by atoms with E-state index in [9.17, 15) is 13.4 Å². The molecule has 1 atom stereocenters. The molecule has 1 unspecified atom stereocenters. The molecule has 1 aromatic carbocycles. The number of hydrogen-bond donors (Lipinski definition) is 0. The van der Waals surface area contributed by atoms with Crippen molar-refractivity contribution < 1.29 is 18.1 Å². The van der Waals surface area contributed by atoms with Gasteiger partial charge in [0.05, 0.1) is 38.7 Å². The molecule has 0 saturated carbocycles. The minimum Gasteiger partial charge on any atom is -0.450 e. The number of piperidine rings is 1. The van der Waals surface area contributed by atoms with Crippen LogP contribution in [0.2, 0.25) is 0 Å². The van der Waals surface area contributed by atoms with Crippen molar-refractivity contribution in [2.24, 2.45) is 0 Å². The topological polar surface area (TPSA) is 85.3 Å². The summed E-state index contributed by atoms with van der Waals surface area (Å²) in [7, 11) is -1.34. The SMILES string of the molecule is CCOC(=O)N1CCC(c2nc(-c3ccccc3F)c(-c3ccnc(S(C)=O)n3)s2)CC1. The van der Waals surface area contributed by atoms with Crippen molar-refractivity contribution in [2.45, 2.75) is 30.8 Å². The Morgan fingerprint density at radius 1 is 1.25 bits per heavy atom. The van der Waals surface area contributed by atoms with Crippen LogP contribution >= 0.6 is 11.3 Å². The molecule has 32 heavy (non-hydrogen) atoms. The van der Waals surface area contributed by atoms with Crippen LogP contribution in [0.4, 0.5) is 9.18 Å². The number of carbonyl (C=O) groups excluding carboxylic acids is 1. The molecule has 1 saturated heterocycles. The summed E-state index contributed by atoms with van der Waals surface area (Å²) in [5.41, 5.74) is 1.48. The van der Waals surface area contributed by atoms with Crippen LogP contribution in [-0.2, 0) is 15.5 Å². The maximum absolute atomic E-state index is 14.7. The summed E-state index contributed by atoms with van der Waals surface area (Å²) in [4.78, 5) is 27.8. The molecule has 0 aliphatic carbocycles. The highest BCUT2D eigenvalue weighted by Crippen LogP contribution is 2.41. The summed E-state index contributed by atoms with van der Waals surface area (Å²) >= 11 is 1.46. The normalized spacial score (nSPS) is 15.5. The Balaban J connectivity index is 1.70. The average Bonchev–Trinajstić information content (AvgIpc) is 3.25. The summed E-state index contributed by atoms with van der Waals surface area (Å²) < 4.78 is 31.7. The molecule has 1 aliphatic rings. The number of thiazole rings is 1. The highest BCUT2D eigenvalue weighted by molar-refractivity contribution is 7.84. The van der Waals surface area contributed by atoms with E-state index in [2.05, 4.69) is 9.97 Å². The molecule has 2 aromatic heterocycles. The Labute approximate surface area is 192 Å². The van der Waals surface area contributed by atoms with Crippen LogP contribution in [0.25, 0.3) is 21.8 Å². The zero-order valence-corrected chi connectivity index (χ0v) is 19.4. The lowest BCUT2D eigenvalue weighted by molar-refractivity contribution is 0.0970. The molecule has 4 rings (SSSR count). The largest absolute Gasteiger partial charge is 0.450 e. The Kier molecular flexibility index (Phi) is 6.90. The van der Waals surface area contributed by atoms with Crippen molar-refractivity contribution in [2.75, 3.05) is 26.0 Å². The van der Waals surface area contributed by atoms with E-state index in [1.165, 1.54) is 23.7 Å². The van der Waals surface area contributed by atoms with E-state index in [0.29, 0.717) is 41.5 Å². The third-order valence-electron chi connectivity index (χ3n) is 5.27. The van der Waals surface area contributed by atoms with Crippen LogP contribution in [0.5, 0.6) is 0 Å². The van der Waals surface area contributed by atoms with E-state index in [1.807, 2.05) is 0 Å². The summed E-state index contributed by atoms with van der Waals surface area (Å²) in [6.45, 7) is 3.31. The highest BCUT2D eigenvalue weighted by Gasteiger charge is 2.29. The predicted octanol–water partition coefficient (Wildman–Crippen LogP) is 4.48. The summed E-state index contributed by atoms with van der Waals surface area (Å²) in [6.07, 6.45) is 4.28. The van der Waals surface area contributed by atoms with Gasteiger partial charge in [0.15, 0.2) is 0 Å². The minimum atomic E-state index is -1.34. The number of hydrogen-bond acceptors (Lipinski definition) is 7. The molecule has 1 aliphatic heterocycles. The molecule has 0 N–H and O–H groups in total. The van der Waals surface area contributed by atoms with Crippen molar-refractivity contribution in [3.05, 3.63) is 47.4 Å². The molecule has 7 nitrogen and oxygen atoms in total. The first kappa shape index (κ1) is 22.5.